The van der Waals surface area contributed by atoms with Crippen LogP contribution in [0.4, 0.5) is 0 Å². The maximum atomic E-state index is 10.8. The predicted octanol–water partition coefficient (Wildman–Crippen LogP) is -2.92. The second-order valence-corrected chi connectivity index (χ2v) is 2.75. The maximum Gasteiger partial charge on any atom is 1.00 e. The number of carbonyl (C=O) groups is 2. The number of carbonyl (C=O) groups excluding carboxylic acids is 1. The molecule has 0 spiro atoms. The summed E-state index contributed by atoms with van der Waals surface area (Å²) in [5.74, 6) is -1.07. The molecule has 1 amide bonds. The van der Waals surface area contributed by atoms with Gasteiger partial charge in [-0.2, -0.15) is 0 Å². The zero-order valence-corrected chi connectivity index (χ0v) is 9.90. The third-order valence-electron chi connectivity index (χ3n) is 2.11. The van der Waals surface area contributed by atoms with Crippen molar-refractivity contribution in [2.45, 2.75) is 18.9 Å². The summed E-state index contributed by atoms with van der Waals surface area (Å²) in [5.41, 5.74) is 0.159. The molecule has 2 heterocycles. The molecule has 0 aromatic heterocycles. The van der Waals surface area contributed by atoms with Gasteiger partial charge in [-0.25, -0.2) is 4.79 Å². The van der Waals surface area contributed by atoms with E-state index in [0.717, 1.165) is 0 Å². The molecule has 0 aromatic carbocycles. The fourth-order valence-corrected chi connectivity index (χ4v) is 1.54. The number of β-lactam (4-membered cyclic amide) rings is 1. The van der Waals surface area contributed by atoms with Gasteiger partial charge >= 0.3 is 57.4 Å². The van der Waals surface area contributed by atoms with Gasteiger partial charge in [-0.15, -0.1) is 0 Å². The molecule has 0 aromatic rings. The third-order valence-corrected chi connectivity index (χ3v) is 2.11. The van der Waals surface area contributed by atoms with Gasteiger partial charge in [0.1, 0.15) is 5.70 Å². The van der Waals surface area contributed by atoms with E-state index in [1.54, 1.807) is 6.08 Å². The van der Waals surface area contributed by atoms with Gasteiger partial charge in [0.2, 0.25) is 5.91 Å². The van der Waals surface area contributed by atoms with Crippen molar-refractivity contribution in [3.8, 4) is 0 Å². The summed E-state index contributed by atoms with van der Waals surface area (Å²) < 4.78 is 0. The minimum Gasteiger partial charge on any atom is -1.00 e. The Hall–Kier alpha value is 0.316. The van der Waals surface area contributed by atoms with Crippen molar-refractivity contribution in [1.29, 1.82) is 0 Å². The number of amides is 1. The molecular weight excluding hydrogens is 185 g/mol. The van der Waals surface area contributed by atoms with Crippen molar-refractivity contribution in [3.63, 3.8) is 0 Å². The summed E-state index contributed by atoms with van der Waals surface area (Å²) in [6.45, 7) is 0. The van der Waals surface area contributed by atoms with Gasteiger partial charge in [-0.05, 0) is 6.42 Å². The summed E-state index contributed by atoms with van der Waals surface area (Å²) in [7, 11) is 0. The van der Waals surface area contributed by atoms with Gasteiger partial charge in [-0.1, -0.05) is 6.08 Å². The number of carboxylic acids is 1. The van der Waals surface area contributed by atoms with Crippen LogP contribution in [0, 0.1) is 0 Å². The summed E-state index contributed by atoms with van der Waals surface area (Å²) in [6.07, 6.45) is 2.82. The largest absolute Gasteiger partial charge is 1.00 e. The van der Waals surface area contributed by atoms with Crippen molar-refractivity contribution >= 4 is 11.9 Å². The van der Waals surface area contributed by atoms with Gasteiger partial charge in [0, 0.05) is 12.5 Å². The van der Waals surface area contributed by atoms with Crippen LogP contribution in [0.3, 0.4) is 0 Å². The van der Waals surface area contributed by atoms with Crippen LogP contribution in [0.1, 0.15) is 14.3 Å². The topological polar surface area (TPSA) is 57.6 Å². The number of rotatable bonds is 1. The summed E-state index contributed by atoms with van der Waals surface area (Å²) in [4.78, 5) is 22.7. The smallest absolute Gasteiger partial charge is 1.00 e. The number of fused-ring (bicyclic) bond motifs is 1. The third kappa shape index (κ3) is 1.40. The van der Waals surface area contributed by atoms with Crippen LogP contribution in [0.25, 0.3) is 0 Å². The van der Waals surface area contributed by atoms with E-state index in [4.69, 9.17) is 5.11 Å². The Morgan fingerprint density at radius 2 is 2.42 bits per heavy atom. The van der Waals surface area contributed by atoms with Crippen LogP contribution in [-0.4, -0.2) is 27.9 Å². The van der Waals surface area contributed by atoms with E-state index in [9.17, 15) is 9.59 Å². The fourth-order valence-electron chi connectivity index (χ4n) is 1.54. The van der Waals surface area contributed by atoms with Gasteiger partial charge in [-0.3, -0.25) is 4.79 Å². The first-order valence-corrected chi connectivity index (χ1v) is 3.45. The molecule has 12 heavy (non-hydrogen) atoms. The van der Waals surface area contributed by atoms with E-state index in [2.05, 4.69) is 0 Å². The van der Waals surface area contributed by atoms with E-state index < -0.39 is 5.97 Å². The number of carboxylic acid groups (broad SMARTS) is 1. The van der Waals surface area contributed by atoms with Crippen LogP contribution in [0.2, 0.25) is 0 Å². The van der Waals surface area contributed by atoms with Crippen LogP contribution in [-0.2, 0) is 9.59 Å². The zero-order valence-electron chi connectivity index (χ0n) is 7.78. The first kappa shape index (κ1) is 10.4. The summed E-state index contributed by atoms with van der Waals surface area (Å²) >= 11 is 0. The molecule has 5 heteroatoms. The van der Waals surface area contributed by atoms with Crippen LogP contribution in [0.5, 0.6) is 0 Å². The van der Waals surface area contributed by atoms with Crippen LogP contribution in [0.15, 0.2) is 11.8 Å². The molecule has 1 fully saturated rings. The molecule has 2 aliphatic rings. The molecule has 2 aliphatic heterocycles. The van der Waals surface area contributed by atoms with Crippen molar-refractivity contribution < 1.29 is 67.5 Å². The molecule has 4 nitrogen and oxygen atoms in total. The maximum absolute atomic E-state index is 10.8. The quantitative estimate of drug-likeness (QED) is 0.358. The Bertz CT molecular complexity index is 279. The predicted molar refractivity (Wildman–Crippen MR) is 36.7 cm³/mol. The minimum absolute atomic E-state index is 0. The Balaban J connectivity index is 0.000000720. The van der Waals surface area contributed by atoms with Gasteiger partial charge in [0.15, 0.2) is 0 Å². The normalized spacial score (nSPS) is 25.3. The Morgan fingerprint density at radius 3 is 2.83 bits per heavy atom. The number of hydrogen-bond acceptors (Lipinski definition) is 2. The summed E-state index contributed by atoms with van der Waals surface area (Å²) in [5, 5.41) is 8.59. The van der Waals surface area contributed by atoms with E-state index in [0.29, 0.717) is 12.8 Å². The SMILES string of the molecule is O=C(O)C1=CCC2CC(=O)N12.[H-].[K+]. The molecule has 1 atom stereocenters. The first-order valence-electron chi connectivity index (χ1n) is 3.45. The second kappa shape index (κ2) is 3.59. The average Bonchev–Trinajstić information content (AvgIpc) is 2.25. The van der Waals surface area contributed by atoms with Crippen LogP contribution < -0.4 is 51.4 Å². The van der Waals surface area contributed by atoms with Crippen molar-refractivity contribution in [3.05, 3.63) is 11.8 Å². The van der Waals surface area contributed by atoms with Gasteiger partial charge < -0.3 is 11.4 Å². The molecular formula is C7H8KNO3. The first-order chi connectivity index (χ1) is 5.20. The van der Waals surface area contributed by atoms with Crippen LogP contribution >= 0.6 is 0 Å². The fraction of sp³-hybridized carbons (Fsp3) is 0.429. The molecule has 1 unspecified atom stereocenters. The Kier molecular flexibility index (Phi) is 3.11. The van der Waals surface area contributed by atoms with Crippen molar-refractivity contribution in [1.82, 2.24) is 4.90 Å². The molecule has 0 bridgehead atoms. The number of aliphatic carboxylic acids is 1. The van der Waals surface area contributed by atoms with E-state index >= 15 is 0 Å². The zero-order chi connectivity index (χ0) is 8.01. The number of hydrogen-bond donors (Lipinski definition) is 1. The standard InChI is InChI=1S/C7H7NO3.K.H/c9-6-3-4-1-2-5(7(10)11)8(4)6;;/h2,4H,1,3H2,(H,10,11);;/q;+1;-1. The van der Waals surface area contributed by atoms with Crippen molar-refractivity contribution in [2.75, 3.05) is 0 Å². The molecule has 1 N–H and O–H groups in total. The monoisotopic (exact) mass is 193 g/mol. The Labute approximate surface area is 114 Å². The van der Waals surface area contributed by atoms with Gasteiger partial charge in [0.25, 0.3) is 0 Å². The molecule has 1 saturated heterocycles. The summed E-state index contributed by atoms with van der Waals surface area (Å²) in [6, 6.07) is 0.147. The molecule has 0 saturated carbocycles. The number of nitrogens with zero attached hydrogens (tertiary/aromatic N) is 1. The average molecular weight is 193 g/mol. The molecule has 0 radical (unpaired) electrons. The molecule has 60 valence electrons. The second-order valence-electron chi connectivity index (χ2n) is 2.75. The Morgan fingerprint density at radius 1 is 1.75 bits per heavy atom. The minimum atomic E-state index is -0.999. The molecule has 2 rings (SSSR count). The molecule has 0 aliphatic carbocycles. The van der Waals surface area contributed by atoms with Crippen molar-refractivity contribution in [2.24, 2.45) is 0 Å². The van der Waals surface area contributed by atoms with E-state index in [1.807, 2.05) is 0 Å². The van der Waals surface area contributed by atoms with Gasteiger partial charge in [0.05, 0.1) is 0 Å². The van der Waals surface area contributed by atoms with E-state index in [-0.39, 0.29) is 70.5 Å². The van der Waals surface area contributed by atoms with E-state index in [1.165, 1.54) is 4.90 Å².